The molecule has 0 fully saturated rings. The van der Waals surface area contributed by atoms with E-state index in [1.807, 2.05) is 24.3 Å². The predicted octanol–water partition coefficient (Wildman–Crippen LogP) is 1.68. The highest BCUT2D eigenvalue weighted by atomic mass is 32.1. The van der Waals surface area contributed by atoms with E-state index in [1.54, 1.807) is 19.4 Å². The highest BCUT2D eigenvalue weighted by Crippen LogP contribution is 2.09. The second-order valence-electron chi connectivity index (χ2n) is 3.14. The van der Waals surface area contributed by atoms with Gasteiger partial charge in [-0.05, 0) is 42.0 Å². The molecule has 1 rings (SSSR count). The van der Waals surface area contributed by atoms with Crippen LogP contribution in [0.25, 0.3) is 0 Å². The molecule has 0 aromatic heterocycles. The van der Waals surface area contributed by atoms with Gasteiger partial charge in [-0.3, -0.25) is 5.43 Å². The summed E-state index contributed by atoms with van der Waals surface area (Å²) in [6, 6.07) is 7.56. The fourth-order valence-electron chi connectivity index (χ4n) is 1.06. The molecule has 0 aliphatic carbocycles. The molecule has 90 valence electrons. The first-order valence-electron chi connectivity index (χ1n) is 5.08. The van der Waals surface area contributed by atoms with E-state index >= 15 is 0 Å². The van der Waals surface area contributed by atoms with Gasteiger partial charge >= 0.3 is 0 Å². The molecule has 0 unspecified atom stereocenters. The molecule has 1 aromatic rings. The molecule has 0 radical (unpaired) electrons. The van der Waals surface area contributed by atoms with Crippen molar-refractivity contribution in [2.24, 2.45) is 5.10 Å². The van der Waals surface area contributed by atoms with Crippen molar-refractivity contribution in [3.05, 3.63) is 42.5 Å². The van der Waals surface area contributed by atoms with E-state index in [9.17, 15) is 0 Å². The molecular formula is C12H15N3OS. The highest BCUT2D eigenvalue weighted by Gasteiger charge is 1.91. The van der Waals surface area contributed by atoms with Crippen molar-refractivity contribution in [1.82, 2.24) is 10.7 Å². The molecule has 0 amide bonds. The summed E-state index contributed by atoms with van der Waals surface area (Å²) in [7, 11) is 1.63. The molecule has 5 heteroatoms. The van der Waals surface area contributed by atoms with Gasteiger partial charge in [0, 0.05) is 6.54 Å². The Morgan fingerprint density at radius 2 is 2.18 bits per heavy atom. The SMILES string of the molecule is C=CCNC(=S)N/N=C\c1ccc(OC)cc1. The minimum atomic E-state index is 0.467. The summed E-state index contributed by atoms with van der Waals surface area (Å²) in [5, 5.41) is 7.37. The van der Waals surface area contributed by atoms with Crippen molar-refractivity contribution in [3.63, 3.8) is 0 Å². The number of thiocarbonyl (C=S) groups is 1. The van der Waals surface area contributed by atoms with Gasteiger partial charge in [0.1, 0.15) is 5.75 Å². The first-order valence-corrected chi connectivity index (χ1v) is 5.49. The maximum absolute atomic E-state index is 5.06. The second kappa shape index (κ2) is 7.40. The zero-order valence-electron chi connectivity index (χ0n) is 9.64. The smallest absolute Gasteiger partial charge is 0.187 e. The molecular weight excluding hydrogens is 234 g/mol. The molecule has 4 nitrogen and oxygen atoms in total. The van der Waals surface area contributed by atoms with Crippen LogP contribution in [-0.2, 0) is 0 Å². The lowest BCUT2D eigenvalue weighted by Crippen LogP contribution is -2.31. The Hall–Kier alpha value is -1.88. The van der Waals surface area contributed by atoms with Gasteiger partial charge in [-0.1, -0.05) is 6.08 Å². The first-order chi connectivity index (χ1) is 8.26. The van der Waals surface area contributed by atoms with Crippen LogP contribution in [0.5, 0.6) is 5.75 Å². The van der Waals surface area contributed by atoms with Crippen LogP contribution in [0.4, 0.5) is 0 Å². The largest absolute Gasteiger partial charge is 0.497 e. The molecule has 0 saturated heterocycles. The minimum Gasteiger partial charge on any atom is -0.497 e. The maximum atomic E-state index is 5.06. The van der Waals surface area contributed by atoms with E-state index in [2.05, 4.69) is 22.4 Å². The molecule has 0 spiro atoms. The third-order valence-electron chi connectivity index (χ3n) is 1.90. The van der Waals surface area contributed by atoms with Crippen molar-refractivity contribution < 1.29 is 4.74 Å². The summed E-state index contributed by atoms with van der Waals surface area (Å²) in [5.41, 5.74) is 3.67. The van der Waals surface area contributed by atoms with Crippen LogP contribution in [0.15, 0.2) is 42.0 Å². The average Bonchev–Trinajstić information content (AvgIpc) is 2.37. The van der Waals surface area contributed by atoms with E-state index in [0.717, 1.165) is 11.3 Å². The predicted molar refractivity (Wildman–Crippen MR) is 74.5 cm³/mol. The van der Waals surface area contributed by atoms with E-state index in [4.69, 9.17) is 17.0 Å². The Labute approximate surface area is 106 Å². The van der Waals surface area contributed by atoms with E-state index in [0.29, 0.717) is 11.7 Å². The quantitative estimate of drug-likeness (QED) is 0.361. The number of hydrazone groups is 1. The molecule has 0 atom stereocenters. The summed E-state index contributed by atoms with van der Waals surface area (Å²) < 4.78 is 5.06. The van der Waals surface area contributed by atoms with Gasteiger partial charge in [0.15, 0.2) is 5.11 Å². The van der Waals surface area contributed by atoms with E-state index < -0.39 is 0 Å². The number of nitrogens with one attached hydrogen (secondary N) is 2. The van der Waals surface area contributed by atoms with Gasteiger partial charge in [-0.15, -0.1) is 6.58 Å². The summed E-state index contributed by atoms with van der Waals surface area (Å²) in [5.74, 6) is 0.818. The lowest BCUT2D eigenvalue weighted by Gasteiger charge is -2.03. The molecule has 0 bridgehead atoms. The third kappa shape index (κ3) is 5.12. The van der Waals surface area contributed by atoms with Gasteiger partial charge < -0.3 is 10.1 Å². The van der Waals surface area contributed by atoms with Gasteiger partial charge in [-0.2, -0.15) is 5.10 Å². The zero-order valence-corrected chi connectivity index (χ0v) is 10.5. The number of hydrogen-bond donors (Lipinski definition) is 2. The number of methoxy groups -OCH3 is 1. The van der Waals surface area contributed by atoms with Crippen molar-refractivity contribution >= 4 is 23.5 Å². The summed E-state index contributed by atoms with van der Waals surface area (Å²) in [4.78, 5) is 0. The normalized spacial score (nSPS) is 9.94. The Balaban J connectivity index is 2.42. The lowest BCUT2D eigenvalue weighted by atomic mass is 10.2. The molecule has 2 N–H and O–H groups in total. The van der Waals surface area contributed by atoms with Crippen LogP contribution in [0.2, 0.25) is 0 Å². The molecule has 0 heterocycles. The van der Waals surface area contributed by atoms with E-state index in [-0.39, 0.29) is 0 Å². The topological polar surface area (TPSA) is 45.7 Å². The van der Waals surface area contributed by atoms with Gasteiger partial charge in [-0.25, -0.2) is 0 Å². The van der Waals surface area contributed by atoms with E-state index in [1.165, 1.54) is 0 Å². The van der Waals surface area contributed by atoms with Crippen LogP contribution in [-0.4, -0.2) is 25.0 Å². The van der Waals surface area contributed by atoms with Crippen LogP contribution in [0.3, 0.4) is 0 Å². The molecule has 17 heavy (non-hydrogen) atoms. The number of ether oxygens (including phenoxy) is 1. The first kappa shape index (κ1) is 13.2. The van der Waals surface area contributed by atoms with Gasteiger partial charge in [0.25, 0.3) is 0 Å². The fraction of sp³-hybridized carbons (Fsp3) is 0.167. The third-order valence-corrected chi connectivity index (χ3v) is 2.14. The number of benzene rings is 1. The van der Waals surface area contributed by atoms with Crippen molar-refractivity contribution in [1.29, 1.82) is 0 Å². The van der Waals surface area contributed by atoms with Crippen molar-refractivity contribution in [3.8, 4) is 5.75 Å². The van der Waals surface area contributed by atoms with Crippen LogP contribution in [0, 0.1) is 0 Å². The Bertz CT molecular complexity index is 401. The van der Waals surface area contributed by atoms with Gasteiger partial charge in [0.05, 0.1) is 13.3 Å². The monoisotopic (exact) mass is 249 g/mol. The Morgan fingerprint density at radius 1 is 1.47 bits per heavy atom. The Morgan fingerprint density at radius 3 is 2.76 bits per heavy atom. The summed E-state index contributed by atoms with van der Waals surface area (Å²) in [6.45, 7) is 4.19. The number of rotatable bonds is 5. The molecule has 1 aromatic carbocycles. The molecule has 0 aliphatic rings. The Kier molecular flexibility index (Phi) is 5.74. The van der Waals surface area contributed by atoms with Crippen LogP contribution in [0.1, 0.15) is 5.56 Å². The molecule has 0 aliphatic heterocycles. The zero-order chi connectivity index (χ0) is 12.5. The van der Waals surface area contributed by atoms with Crippen molar-refractivity contribution in [2.45, 2.75) is 0 Å². The summed E-state index contributed by atoms with van der Waals surface area (Å²) >= 11 is 4.97. The number of nitrogens with zero attached hydrogens (tertiary/aromatic N) is 1. The average molecular weight is 249 g/mol. The van der Waals surface area contributed by atoms with Crippen LogP contribution >= 0.6 is 12.2 Å². The maximum Gasteiger partial charge on any atom is 0.187 e. The van der Waals surface area contributed by atoms with Crippen LogP contribution < -0.4 is 15.5 Å². The lowest BCUT2D eigenvalue weighted by molar-refractivity contribution is 0.415. The van der Waals surface area contributed by atoms with Gasteiger partial charge in [0.2, 0.25) is 0 Å². The minimum absolute atomic E-state index is 0.467. The van der Waals surface area contributed by atoms with Crippen molar-refractivity contribution in [2.75, 3.05) is 13.7 Å². The standard InChI is InChI=1S/C12H15N3OS/c1-3-8-13-12(17)15-14-9-10-4-6-11(16-2)7-5-10/h3-7,9H,1,8H2,2H3,(H2,13,15,17)/b14-9-. The second-order valence-corrected chi connectivity index (χ2v) is 3.55. The molecule has 0 saturated carbocycles. The summed E-state index contributed by atoms with van der Waals surface area (Å²) in [6.07, 6.45) is 3.41. The highest BCUT2D eigenvalue weighted by molar-refractivity contribution is 7.80. The number of hydrogen-bond acceptors (Lipinski definition) is 3. The fourth-order valence-corrected chi connectivity index (χ4v) is 1.20.